The molecule has 0 bridgehead atoms. The molecule has 0 unspecified atom stereocenters. The molecule has 0 aromatic carbocycles. The zero-order valence-electron chi connectivity index (χ0n) is 23.9. The van der Waals surface area contributed by atoms with E-state index in [-0.39, 0.29) is 12.1 Å². The van der Waals surface area contributed by atoms with Gasteiger partial charge in [0.2, 0.25) is 5.95 Å². The Morgan fingerprint density at radius 1 is 1.10 bits per heavy atom. The predicted molar refractivity (Wildman–Crippen MR) is 155 cm³/mol. The van der Waals surface area contributed by atoms with Crippen LogP contribution in [0.4, 0.5) is 28.2 Å². The van der Waals surface area contributed by atoms with Gasteiger partial charge < -0.3 is 30.7 Å². The number of hydrogen-bond acceptors (Lipinski definition) is 10. The van der Waals surface area contributed by atoms with Crippen LogP contribution >= 0.6 is 0 Å². The van der Waals surface area contributed by atoms with Gasteiger partial charge in [0.15, 0.2) is 5.82 Å². The number of nitrogens with two attached hydrogens (primary N) is 1. The van der Waals surface area contributed by atoms with Crippen molar-refractivity contribution in [1.29, 1.82) is 0 Å². The van der Waals surface area contributed by atoms with Crippen molar-refractivity contribution in [2.75, 3.05) is 36.1 Å². The molecule has 1 saturated heterocycles. The number of nitrogens with one attached hydrogen (secondary N) is 2. The van der Waals surface area contributed by atoms with Crippen molar-refractivity contribution in [3.8, 4) is 0 Å². The van der Waals surface area contributed by atoms with Crippen molar-refractivity contribution in [2.24, 2.45) is 5.92 Å². The first-order valence-electron chi connectivity index (χ1n) is 14.2. The molecule has 1 aliphatic carbocycles. The molecule has 5 rings (SSSR count). The molecule has 0 atom stereocenters. The molecule has 0 spiro atoms. The van der Waals surface area contributed by atoms with Gasteiger partial charge in [-0.05, 0) is 71.3 Å². The van der Waals surface area contributed by atoms with Crippen molar-refractivity contribution in [2.45, 2.75) is 83.6 Å². The highest BCUT2D eigenvalue weighted by Crippen LogP contribution is 2.30. The minimum absolute atomic E-state index is 0.134. The summed E-state index contributed by atoms with van der Waals surface area (Å²) in [5.74, 6) is 2.96. The van der Waals surface area contributed by atoms with Crippen LogP contribution in [-0.4, -0.2) is 68.8 Å². The quantitative estimate of drug-likeness (QED) is 0.390. The van der Waals surface area contributed by atoms with E-state index in [1.807, 2.05) is 37.6 Å². The van der Waals surface area contributed by atoms with Crippen LogP contribution in [0.25, 0.3) is 10.9 Å². The average molecular weight is 552 g/mol. The molecule has 12 heteroatoms. The number of rotatable bonds is 7. The van der Waals surface area contributed by atoms with Gasteiger partial charge in [0, 0.05) is 51.2 Å². The van der Waals surface area contributed by atoms with Crippen molar-refractivity contribution in [1.82, 2.24) is 30.0 Å². The number of pyridine rings is 1. The molecule has 1 aliphatic heterocycles. The zero-order valence-corrected chi connectivity index (χ0v) is 23.9. The first-order valence-corrected chi connectivity index (χ1v) is 14.2. The number of carbonyl (C=O) groups is 1. The summed E-state index contributed by atoms with van der Waals surface area (Å²) in [5.41, 5.74) is 6.68. The van der Waals surface area contributed by atoms with E-state index in [2.05, 4.69) is 30.6 Å². The molecule has 1 amide bonds. The molecule has 216 valence electrons. The van der Waals surface area contributed by atoms with Gasteiger partial charge in [0.1, 0.15) is 17.2 Å². The van der Waals surface area contributed by atoms with Crippen LogP contribution in [0.1, 0.15) is 59.3 Å². The maximum atomic E-state index is 12.1. The molecule has 2 aliphatic rings. The summed E-state index contributed by atoms with van der Waals surface area (Å²) in [6.45, 7) is 8.10. The molecule has 4 N–H and O–H groups in total. The molecule has 4 heterocycles. The number of amides is 1. The Morgan fingerprint density at radius 2 is 1.85 bits per heavy atom. The van der Waals surface area contributed by atoms with Gasteiger partial charge in [-0.1, -0.05) is 0 Å². The number of piperidine rings is 1. The van der Waals surface area contributed by atoms with Crippen molar-refractivity contribution in [3.05, 3.63) is 24.5 Å². The Labute approximate surface area is 235 Å². The highest BCUT2D eigenvalue weighted by molar-refractivity contribution is 5.90. The Hall–Kier alpha value is -3.67. The van der Waals surface area contributed by atoms with Gasteiger partial charge >= 0.3 is 6.09 Å². The number of anilines is 4. The second-order valence-electron chi connectivity index (χ2n) is 11.8. The maximum Gasteiger partial charge on any atom is 0.407 e. The smallest absolute Gasteiger partial charge is 0.407 e. The molecule has 3 aromatic rings. The number of nitrogen functional groups attached to an aromatic ring is 1. The van der Waals surface area contributed by atoms with Crippen molar-refractivity contribution >= 4 is 40.4 Å². The van der Waals surface area contributed by atoms with Gasteiger partial charge in [-0.25, -0.2) is 14.8 Å². The summed E-state index contributed by atoms with van der Waals surface area (Å²) in [6.07, 6.45) is 9.20. The van der Waals surface area contributed by atoms with Crippen LogP contribution < -0.4 is 21.3 Å². The van der Waals surface area contributed by atoms with E-state index in [1.165, 1.54) is 0 Å². The Balaban J connectivity index is 1.22. The lowest BCUT2D eigenvalue weighted by Gasteiger charge is -2.31. The lowest BCUT2D eigenvalue weighted by molar-refractivity contribution is 0.0486. The van der Waals surface area contributed by atoms with Crippen LogP contribution in [0.2, 0.25) is 0 Å². The highest BCUT2D eigenvalue weighted by Gasteiger charge is 2.26. The monoisotopic (exact) mass is 551 g/mol. The summed E-state index contributed by atoms with van der Waals surface area (Å²) >= 11 is 0. The molecule has 0 radical (unpaired) electrons. The number of aromatic nitrogens is 5. The molecular weight excluding hydrogens is 510 g/mol. The number of hydrogen-bond donors (Lipinski definition) is 3. The number of carbonyl (C=O) groups excluding carboxylic acids is 1. The topological polar surface area (TPSA) is 145 Å². The minimum Gasteiger partial charge on any atom is -0.444 e. The van der Waals surface area contributed by atoms with E-state index in [4.69, 9.17) is 20.2 Å². The summed E-state index contributed by atoms with van der Waals surface area (Å²) < 4.78 is 12.9. The Bertz CT molecular complexity index is 1310. The maximum absolute atomic E-state index is 12.1. The molecule has 2 fully saturated rings. The summed E-state index contributed by atoms with van der Waals surface area (Å²) in [6, 6.07) is 3.95. The second-order valence-corrected chi connectivity index (χ2v) is 11.8. The first-order chi connectivity index (χ1) is 19.2. The summed E-state index contributed by atoms with van der Waals surface area (Å²) in [5, 5.41) is 11.8. The van der Waals surface area contributed by atoms with E-state index < -0.39 is 5.60 Å². The fourth-order valence-electron chi connectivity index (χ4n) is 5.50. The summed E-state index contributed by atoms with van der Waals surface area (Å²) in [7, 11) is 1.77. The summed E-state index contributed by atoms with van der Waals surface area (Å²) in [4.78, 5) is 28.1. The Kier molecular flexibility index (Phi) is 8.24. The third kappa shape index (κ3) is 6.90. The standard InChI is InChI=1S/C28H41N9O3/c1-28(2,3)40-27(38)32-19-7-5-18(6-8-19)17-37-22-15-24(31-16-21(22)25(29)35-37)33-23-9-12-30-26(34-23)36-13-10-20(39-4)11-14-36/h9,12,15-16,18-20H,5-8,10-11,13-14,17H2,1-4H3,(H2,29,35)(H,32,38)(H,30,31,33,34)/t18-,19-. The molecule has 40 heavy (non-hydrogen) atoms. The van der Waals surface area contributed by atoms with Gasteiger partial charge in [0.05, 0.1) is 17.0 Å². The number of fused-ring (bicyclic) bond motifs is 1. The van der Waals surface area contributed by atoms with Crippen LogP contribution in [0.5, 0.6) is 0 Å². The molecular formula is C28H41N9O3. The first kappa shape index (κ1) is 27.9. The predicted octanol–water partition coefficient (Wildman–Crippen LogP) is 4.25. The van der Waals surface area contributed by atoms with Crippen molar-refractivity contribution < 1.29 is 14.3 Å². The van der Waals surface area contributed by atoms with Gasteiger partial charge in [0.25, 0.3) is 0 Å². The number of nitrogens with zero attached hydrogens (tertiary/aromatic N) is 6. The third-order valence-electron chi connectivity index (χ3n) is 7.62. The average Bonchev–Trinajstić information content (AvgIpc) is 3.23. The van der Waals surface area contributed by atoms with Crippen molar-refractivity contribution in [3.63, 3.8) is 0 Å². The Morgan fingerprint density at radius 3 is 2.55 bits per heavy atom. The van der Waals surface area contributed by atoms with Gasteiger partial charge in [-0.15, -0.1) is 0 Å². The number of methoxy groups -OCH3 is 1. The van der Waals surface area contributed by atoms with Crippen LogP contribution in [-0.2, 0) is 16.0 Å². The van der Waals surface area contributed by atoms with E-state index in [0.717, 1.165) is 69.1 Å². The number of ether oxygens (including phenoxy) is 2. The van der Waals surface area contributed by atoms with Gasteiger partial charge in [-0.3, -0.25) is 4.68 Å². The van der Waals surface area contributed by atoms with E-state index in [0.29, 0.717) is 35.4 Å². The normalized spacial score (nSPS) is 20.4. The lowest BCUT2D eigenvalue weighted by Crippen LogP contribution is -2.41. The van der Waals surface area contributed by atoms with Crippen LogP contribution in [0, 0.1) is 5.92 Å². The van der Waals surface area contributed by atoms with E-state index >= 15 is 0 Å². The van der Waals surface area contributed by atoms with Crippen LogP contribution in [0.3, 0.4) is 0 Å². The van der Waals surface area contributed by atoms with E-state index in [9.17, 15) is 4.79 Å². The van der Waals surface area contributed by atoms with E-state index in [1.54, 1.807) is 19.5 Å². The fourth-order valence-corrected chi connectivity index (χ4v) is 5.50. The SMILES string of the molecule is COC1CCN(c2nccc(Nc3cc4c(cn3)c(N)nn4C[C@H]3CC[C@H](NC(=O)OC(C)(C)C)CC3)n2)CC1. The highest BCUT2D eigenvalue weighted by atomic mass is 16.6. The second kappa shape index (κ2) is 11.8. The fraction of sp³-hybridized carbons (Fsp3) is 0.607. The molecule has 3 aromatic heterocycles. The molecule has 12 nitrogen and oxygen atoms in total. The van der Waals surface area contributed by atoms with Crippen LogP contribution in [0.15, 0.2) is 24.5 Å². The molecule has 1 saturated carbocycles. The minimum atomic E-state index is -0.498. The largest absolute Gasteiger partial charge is 0.444 e. The lowest BCUT2D eigenvalue weighted by atomic mass is 9.86. The zero-order chi connectivity index (χ0) is 28.3. The number of alkyl carbamates (subject to hydrolysis) is 1. The van der Waals surface area contributed by atoms with Gasteiger partial charge in [-0.2, -0.15) is 10.1 Å². The third-order valence-corrected chi connectivity index (χ3v) is 7.62.